The molecule has 0 bridgehead atoms. The van der Waals surface area contributed by atoms with Crippen LogP contribution < -0.4 is 10.6 Å². The van der Waals surface area contributed by atoms with Crippen molar-refractivity contribution in [1.82, 2.24) is 4.98 Å². The van der Waals surface area contributed by atoms with Crippen molar-refractivity contribution in [3.8, 4) is 0 Å². The van der Waals surface area contributed by atoms with Crippen molar-refractivity contribution in [3.05, 3.63) is 53.9 Å². The molecule has 2 N–H and O–H groups in total. The summed E-state index contributed by atoms with van der Waals surface area (Å²) in [6, 6.07) is 9.38. The number of anilines is 2. The Labute approximate surface area is 156 Å². The van der Waals surface area contributed by atoms with Crippen LogP contribution in [0.15, 0.2) is 42.6 Å². The van der Waals surface area contributed by atoms with Gasteiger partial charge in [0.25, 0.3) is 5.91 Å². The summed E-state index contributed by atoms with van der Waals surface area (Å²) >= 11 is 0. The lowest BCUT2D eigenvalue weighted by Crippen LogP contribution is -2.21. The van der Waals surface area contributed by atoms with Gasteiger partial charge in [-0.05, 0) is 42.8 Å². The van der Waals surface area contributed by atoms with Crippen LogP contribution in [0.25, 0.3) is 0 Å². The molecular formula is C18H19N3O5S. The number of amides is 1. The van der Waals surface area contributed by atoms with Crippen molar-refractivity contribution in [1.29, 1.82) is 0 Å². The Kier molecular flexibility index (Phi) is 5.41. The number of nitrogens with one attached hydrogen (secondary N) is 2. The van der Waals surface area contributed by atoms with E-state index < -0.39 is 21.7 Å². The van der Waals surface area contributed by atoms with E-state index in [0.29, 0.717) is 23.4 Å². The van der Waals surface area contributed by atoms with Crippen molar-refractivity contribution in [3.63, 3.8) is 0 Å². The van der Waals surface area contributed by atoms with Crippen LogP contribution in [0, 0.1) is 0 Å². The smallest absolute Gasteiger partial charge is 0.337 e. The lowest BCUT2D eigenvalue weighted by Gasteiger charge is -2.13. The largest absolute Gasteiger partial charge is 0.465 e. The highest BCUT2D eigenvalue weighted by molar-refractivity contribution is 7.91. The molecule has 142 valence electrons. The van der Waals surface area contributed by atoms with Crippen molar-refractivity contribution in [2.75, 3.05) is 29.2 Å². The van der Waals surface area contributed by atoms with Gasteiger partial charge in [0.15, 0.2) is 9.84 Å². The lowest BCUT2D eigenvalue weighted by atomic mass is 10.2. The molecule has 2 heterocycles. The number of hydrogen-bond donors (Lipinski definition) is 2. The lowest BCUT2D eigenvalue weighted by molar-refractivity contribution is 0.0600. The molecule has 1 aromatic carbocycles. The third-order valence-electron chi connectivity index (χ3n) is 4.16. The molecule has 27 heavy (non-hydrogen) atoms. The van der Waals surface area contributed by atoms with Crippen LogP contribution in [0.3, 0.4) is 0 Å². The first-order valence-corrected chi connectivity index (χ1v) is 10.1. The van der Waals surface area contributed by atoms with Gasteiger partial charge in [-0.1, -0.05) is 0 Å². The zero-order chi connectivity index (χ0) is 19.4. The molecule has 1 aliphatic heterocycles. The molecule has 1 amide bonds. The number of carbonyl (C=O) groups excluding carboxylic acids is 2. The fraction of sp³-hybridized carbons (Fsp3) is 0.278. The van der Waals surface area contributed by atoms with Gasteiger partial charge in [-0.25, -0.2) is 13.2 Å². The highest BCUT2D eigenvalue weighted by Crippen LogP contribution is 2.18. The molecule has 0 radical (unpaired) electrons. The van der Waals surface area contributed by atoms with Crippen molar-refractivity contribution in [2.24, 2.45) is 0 Å². The minimum Gasteiger partial charge on any atom is -0.465 e. The Hall–Kier alpha value is -2.94. The predicted octanol–water partition coefficient (Wildman–Crippen LogP) is 1.72. The van der Waals surface area contributed by atoms with Gasteiger partial charge in [0, 0.05) is 23.6 Å². The van der Waals surface area contributed by atoms with Gasteiger partial charge >= 0.3 is 5.97 Å². The molecule has 1 unspecified atom stereocenters. The van der Waals surface area contributed by atoms with E-state index in [4.69, 9.17) is 0 Å². The van der Waals surface area contributed by atoms with E-state index in [2.05, 4.69) is 20.4 Å². The maximum atomic E-state index is 12.4. The fourth-order valence-electron chi connectivity index (χ4n) is 2.79. The molecule has 1 saturated heterocycles. The average Bonchev–Trinajstić information content (AvgIpc) is 3.00. The highest BCUT2D eigenvalue weighted by Gasteiger charge is 2.27. The number of rotatable bonds is 5. The standard InChI is InChI=1S/C18H19N3O5S/c1-26-18(23)12-2-4-13(5-3-12)21-17(22)16-10-14(6-8-19-16)20-15-7-9-27(24,25)11-15/h2-6,8,10,15H,7,9,11H2,1H3,(H,19,20)(H,21,22). The first kappa shape index (κ1) is 18.8. The van der Waals surface area contributed by atoms with E-state index in [1.165, 1.54) is 13.3 Å². The van der Waals surface area contributed by atoms with E-state index in [-0.39, 0.29) is 23.2 Å². The molecule has 0 spiro atoms. The minimum absolute atomic E-state index is 0.0867. The van der Waals surface area contributed by atoms with E-state index >= 15 is 0 Å². The molecule has 8 nitrogen and oxygen atoms in total. The second-order valence-corrected chi connectivity index (χ2v) is 8.43. The third kappa shape index (κ3) is 4.82. The number of esters is 1. The maximum absolute atomic E-state index is 12.4. The molecule has 1 atom stereocenters. The van der Waals surface area contributed by atoms with Crippen LogP contribution in [-0.4, -0.2) is 49.9 Å². The second-order valence-electron chi connectivity index (χ2n) is 6.20. The number of hydrogen-bond acceptors (Lipinski definition) is 7. The predicted molar refractivity (Wildman–Crippen MR) is 101 cm³/mol. The third-order valence-corrected chi connectivity index (χ3v) is 5.93. The van der Waals surface area contributed by atoms with Crippen LogP contribution in [0.4, 0.5) is 11.4 Å². The Bertz CT molecular complexity index is 957. The van der Waals surface area contributed by atoms with Crippen LogP contribution in [0.2, 0.25) is 0 Å². The Morgan fingerprint density at radius 3 is 2.52 bits per heavy atom. The SMILES string of the molecule is COC(=O)c1ccc(NC(=O)c2cc(NC3CCS(=O)(=O)C3)ccn2)cc1. The van der Waals surface area contributed by atoms with Crippen molar-refractivity contribution >= 4 is 33.1 Å². The normalized spacial score (nSPS) is 17.9. The summed E-state index contributed by atoms with van der Waals surface area (Å²) in [6.45, 7) is 0. The number of sulfone groups is 1. The molecule has 0 saturated carbocycles. The van der Waals surface area contributed by atoms with Gasteiger partial charge in [-0.15, -0.1) is 0 Å². The van der Waals surface area contributed by atoms with Crippen molar-refractivity contribution < 1.29 is 22.7 Å². The topological polar surface area (TPSA) is 114 Å². The zero-order valence-corrected chi connectivity index (χ0v) is 15.5. The van der Waals surface area contributed by atoms with E-state index in [0.717, 1.165) is 0 Å². The van der Waals surface area contributed by atoms with Gasteiger partial charge in [-0.2, -0.15) is 0 Å². The number of methoxy groups -OCH3 is 1. The Balaban J connectivity index is 1.66. The molecular weight excluding hydrogens is 370 g/mol. The fourth-order valence-corrected chi connectivity index (χ4v) is 4.47. The summed E-state index contributed by atoms with van der Waals surface area (Å²) < 4.78 is 27.7. The van der Waals surface area contributed by atoms with Gasteiger partial charge in [-0.3, -0.25) is 9.78 Å². The Morgan fingerprint density at radius 2 is 1.89 bits per heavy atom. The van der Waals surface area contributed by atoms with E-state index in [1.54, 1.807) is 36.4 Å². The monoisotopic (exact) mass is 389 g/mol. The minimum atomic E-state index is -2.98. The number of carbonyl (C=O) groups is 2. The summed E-state index contributed by atoms with van der Waals surface area (Å²) in [5, 5.41) is 5.83. The molecule has 1 fully saturated rings. The van der Waals surface area contributed by atoms with Gasteiger partial charge < -0.3 is 15.4 Å². The maximum Gasteiger partial charge on any atom is 0.337 e. The number of nitrogens with zero attached hydrogens (tertiary/aromatic N) is 1. The molecule has 1 aliphatic rings. The molecule has 0 aliphatic carbocycles. The van der Waals surface area contributed by atoms with Crippen LogP contribution in [0.5, 0.6) is 0 Å². The summed E-state index contributed by atoms with van der Waals surface area (Å²) in [6.07, 6.45) is 2.03. The van der Waals surface area contributed by atoms with Crippen molar-refractivity contribution in [2.45, 2.75) is 12.5 Å². The molecule has 1 aromatic heterocycles. The Morgan fingerprint density at radius 1 is 1.15 bits per heavy atom. The zero-order valence-electron chi connectivity index (χ0n) is 14.6. The van der Waals surface area contributed by atoms with Gasteiger partial charge in [0.05, 0.1) is 24.2 Å². The second kappa shape index (κ2) is 7.75. The number of aromatic nitrogens is 1. The van der Waals surface area contributed by atoms with Crippen LogP contribution in [-0.2, 0) is 14.6 Å². The first-order chi connectivity index (χ1) is 12.9. The highest BCUT2D eigenvalue weighted by atomic mass is 32.2. The van der Waals surface area contributed by atoms with Gasteiger partial charge in [0.1, 0.15) is 5.69 Å². The number of ether oxygens (including phenoxy) is 1. The average molecular weight is 389 g/mol. The summed E-state index contributed by atoms with van der Waals surface area (Å²) in [5.41, 5.74) is 1.72. The summed E-state index contributed by atoms with van der Waals surface area (Å²) in [4.78, 5) is 27.9. The van der Waals surface area contributed by atoms with Crippen LogP contribution in [0.1, 0.15) is 27.3 Å². The van der Waals surface area contributed by atoms with E-state index in [9.17, 15) is 18.0 Å². The van der Waals surface area contributed by atoms with Crippen LogP contribution >= 0.6 is 0 Å². The molecule has 2 aromatic rings. The molecule has 9 heteroatoms. The van der Waals surface area contributed by atoms with E-state index in [1.807, 2.05) is 0 Å². The summed E-state index contributed by atoms with van der Waals surface area (Å²) in [5.74, 6) is -0.612. The number of benzene rings is 1. The first-order valence-electron chi connectivity index (χ1n) is 8.29. The molecule has 3 rings (SSSR count). The number of pyridine rings is 1. The quantitative estimate of drug-likeness (QED) is 0.748. The summed E-state index contributed by atoms with van der Waals surface area (Å²) in [7, 11) is -1.69. The van der Waals surface area contributed by atoms with Gasteiger partial charge in [0.2, 0.25) is 0 Å².